The van der Waals surface area contributed by atoms with Crippen molar-refractivity contribution in [2.45, 2.75) is 0 Å². The van der Waals surface area contributed by atoms with Crippen LogP contribution in [0.25, 0.3) is 43.8 Å². The summed E-state index contributed by atoms with van der Waals surface area (Å²) in [7, 11) is 0. The van der Waals surface area contributed by atoms with Gasteiger partial charge in [-0.1, -0.05) is 36.4 Å². The molecule has 0 aliphatic heterocycles. The molecule has 2 aromatic heterocycles. The van der Waals surface area contributed by atoms with Gasteiger partial charge in [-0.2, -0.15) is 0 Å². The summed E-state index contributed by atoms with van der Waals surface area (Å²) >= 11 is 0. The molecule has 0 aliphatic carbocycles. The van der Waals surface area contributed by atoms with E-state index in [1.807, 2.05) is 24.4 Å². The molecule has 3 heteroatoms. The number of aromatic nitrogens is 3. The average Bonchev–Trinajstić information content (AvgIpc) is 2.60. The van der Waals surface area contributed by atoms with Gasteiger partial charge in [0.2, 0.25) is 0 Å². The number of hydrogen-bond donors (Lipinski definition) is 0. The van der Waals surface area contributed by atoms with Crippen LogP contribution in [0.1, 0.15) is 0 Å². The molecule has 0 saturated heterocycles. The number of benzene rings is 3. The Hall–Kier alpha value is -3.07. The number of hydrogen-bond acceptors (Lipinski definition) is 3. The van der Waals surface area contributed by atoms with E-state index in [9.17, 15) is 0 Å². The number of pyridine rings is 1. The van der Waals surface area contributed by atoms with Gasteiger partial charge in [0.1, 0.15) is 6.33 Å². The third kappa shape index (κ3) is 1.48. The van der Waals surface area contributed by atoms with Crippen LogP contribution in [0.5, 0.6) is 0 Å². The largest absolute Gasteiger partial charge is 0.256 e. The topological polar surface area (TPSA) is 38.7 Å². The average molecular weight is 281 g/mol. The summed E-state index contributed by atoms with van der Waals surface area (Å²) in [6.45, 7) is 0. The van der Waals surface area contributed by atoms with Crippen molar-refractivity contribution in [3.05, 3.63) is 67.1 Å². The highest BCUT2D eigenvalue weighted by Gasteiger charge is 2.13. The number of rotatable bonds is 1. The molecule has 0 unspecified atom stereocenters. The first-order chi connectivity index (χ1) is 10.9. The molecular weight excluding hydrogens is 270 g/mol. The zero-order valence-corrected chi connectivity index (χ0v) is 11.7. The Labute approximate surface area is 126 Å². The maximum atomic E-state index is 4.65. The van der Waals surface area contributed by atoms with Gasteiger partial charge in [0.05, 0.1) is 16.6 Å². The molecule has 2 heterocycles. The number of nitrogens with zero attached hydrogens (tertiary/aromatic N) is 3. The highest BCUT2D eigenvalue weighted by molar-refractivity contribution is 6.22. The van der Waals surface area contributed by atoms with Crippen LogP contribution >= 0.6 is 0 Å². The van der Waals surface area contributed by atoms with Crippen molar-refractivity contribution in [3.8, 4) is 11.1 Å². The SMILES string of the molecule is c1ccc(-c2cnc3ccc4ncnc5ccc2c3c45)cc1. The van der Waals surface area contributed by atoms with Crippen LogP contribution in [0.3, 0.4) is 0 Å². The first-order valence-corrected chi connectivity index (χ1v) is 7.22. The minimum Gasteiger partial charge on any atom is -0.256 e. The molecule has 5 rings (SSSR count). The molecule has 0 fully saturated rings. The highest BCUT2D eigenvalue weighted by atomic mass is 14.8. The van der Waals surface area contributed by atoms with Crippen molar-refractivity contribution < 1.29 is 0 Å². The van der Waals surface area contributed by atoms with Crippen molar-refractivity contribution in [2.24, 2.45) is 0 Å². The third-order valence-corrected chi connectivity index (χ3v) is 4.20. The van der Waals surface area contributed by atoms with Gasteiger partial charge in [-0.05, 0) is 29.1 Å². The first-order valence-electron chi connectivity index (χ1n) is 7.22. The second-order valence-corrected chi connectivity index (χ2v) is 5.40. The van der Waals surface area contributed by atoms with Crippen LogP contribution in [0.2, 0.25) is 0 Å². The molecule has 0 bridgehead atoms. The fourth-order valence-corrected chi connectivity index (χ4v) is 3.19. The maximum absolute atomic E-state index is 4.65. The van der Waals surface area contributed by atoms with Crippen molar-refractivity contribution in [3.63, 3.8) is 0 Å². The Kier molecular flexibility index (Phi) is 2.22. The molecule has 0 aliphatic rings. The van der Waals surface area contributed by atoms with E-state index in [1.54, 1.807) is 6.33 Å². The summed E-state index contributed by atoms with van der Waals surface area (Å²) in [4.78, 5) is 13.4. The van der Waals surface area contributed by atoms with Crippen LogP contribution in [0.4, 0.5) is 0 Å². The van der Waals surface area contributed by atoms with Gasteiger partial charge in [-0.25, -0.2) is 9.97 Å². The fourth-order valence-electron chi connectivity index (χ4n) is 3.19. The zero-order valence-electron chi connectivity index (χ0n) is 11.7. The highest BCUT2D eigenvalue weighted by Crippen LogP contribution is 2.36. The third-order valence-electron chi connectivity index (χ3n) is 4.20. The second-order valence-electron chi connectivity index (χ2n) is 5.40. The predicted octanol–water partition coefficient (Wildman–Crippen LogP) is 4.44. The Morgan fingerprint density at radius 1 is 0.591 bits per heavy atom. The summed E-state index contributed by atoms with van der Waals surface area (Å²) < 4.78 is 0. The van der Waals surface area contributed by atoms with Gasteiger partial charge in [0.25, 0.3) is 0 Å². The quantitative estimate of drug-likeness (QED) is 0.426. The Morgan fingerprint density at radius 3 is 2.05 bits per heavy atom. The van der Waals surface area contributed by atoms with Crippen LogP contribution in [0.15, 0.2) is 67.1 Å². The van der Waals surface area contributed by atoms with Crippen LogP contribution < -0.4 is 0 Å². The molecule has 0 atom stereocenters. The van der Waals surface area contributed by atoms with Crippen LogP contribution in [-0.2, 0) is 0 Å². The van der Waals surface area contributed by atoms with Gasteiger partial charge in [0.15, 0.2) is 0 Å². The summed E-state index contributed by atoms with van der Waals surface area (Å²) in [6.07, 6.45) is 3.57. The summed E-state index contributed by atoms with van der Waals surface area (Å²) in [5.74, 6) is 0. The normalized spacial score (nSPS) is 11.6. The summed E-state index contributed by atoms with van der Waals surface area (Å²) in [5.41, 5.74) is 5.24. The van der Waals surface area contributed by atoms with E-state index >= 15 is 0 Å². The van der Waals surface area contributed by atoms with Gasteiger partial charge in [0, 0.05) is 22.5 Å². The molecule has 3 aromatic carbocycles. The minimum atomic E-state index is 0.968. The standard InChI is InChI=1S/C19H11N3/c1-2-4-12(5-3-1)14-10-20-15-8-9-17-19-16(21-11-22-17)7-6-13(14)18(15)19/h1-11H. The van der Waals surface area contributed by atoms with E-state index in [0.29, 0.717) is 0 Å². The molecule has 3 nitrogen and oxygen atoms in total. The lowest BCUT2D eigenvalue weighted by atomic mass is 9.96. The van der Waals surface area contributed by atoms with E-state index in [2.05, 4.69) is 51.4 Å². The molecule has 0 amide bonds. The Bertz CT molecular complexity index is 1100. The van der Waals surface area contributed by atoms with Crippen molar-refractivity contribution in [2.75, 3.05) is 0 Å². The maximum Gasteiger partial charge on any atom is 0.116 e. The molecule has 0 spiro atoms. The van der Waals surface area contributed by atoms with Crippen LogP contribution in [0, 0.1) is 0 Å². The molecule has 22 heavy (non-hydrogen) atoms. The minimum absolute atomic E-state index is 0.968. The lowest BCUT2D eigenvalue weighted by Crippen LogP contribution is -1.92. The Balaban J connectivity index is 2.02. The summed E-state index contributed by atoms with van der Waals surface area (Å²) in [5, 5.41) is 3.45. The van der Waals surface area contributed by atoms with E-state index in [-0.39, 0.29) is 0 Å². The smallest absolute Gasteiger partial charge is 0.116 e. The molecule has 102 valence electrons. The van der Waals surface area contributed by atoms with E-state index in [1.165, 1.54) is 10.9 Å². The molecular formula is C19H11N3. The van der Waals surface area contributed by atoms with Crippen molar-refractivity contribution in [1.29, 1.82) is 0 Å². The van der Waals surface area contributed by atoms with Crippen molar-refractivity contribution in [1.82, 2.24) is 15.0 Å². The second kappa shape index (κ2) is 4.21. The van der Waals surface area contributed by atoms with E-state index in [4.69, 9.17) is 0 Å². The molecule has 0 radical (unpaired) electrons. The first kappa shape index (κ1) is 11.6. The summed E-state index contributed by atoms with van der Waals surface area (Å²) in [6, 6.07) is 18.6. The lowest BCUT2D eigenvalue weighted by molar-refractivity contribution is 1.26. The van der Waals surface area contributed by atoms with Gasteiger partial charge >= 0.3 is 0 Å². The zero-order chi connectivity index (χ0) is 14.5. The van der Waals surface area contributed by atoms with Crippen molar-refractivity contribution >= 4 is 32.7 Å². The molecule has 5 aromatic rings. The fraction of sp³-hybridized carbons (Fsp3) is 0. The van der Waals surface area contributed by atoms with Gasteiger partial charge < -0.3 is 0 Å². The lowest BCUT2D eigenvalue weighted by Gasteiger charge is -2.12. The predicted molar refractivity (Wildman–Crippen MR) is 89.0 cm³/mol. The van der Waals surface area contributed by atoms with Gasteiger partial charge in [-0.15, -0.1) is 0 Å². The molecule has 0 N–H and O–H groups in total. The van der Waals surface area contributed by atoms with E-state index < -0.39 is 0 Å². The van der Waals surface area contributed by atoms with Gasteiger partial charge in [-0.3, -0.25) is 4.98 Å². The van der Waals surface area contributed by atoms with Crippen LogP contribution in [-0.4, -0.2) is 15.0 Å². The molecule has 0 saturated carbocycles. The Morgan fingerprint density at radius 2 is 1.27 bits per heavy atom. The monoisotopic (exact) mass is 281 g/mol. The van der Waals surface area contributed by atoms with E-state index in [0.717, 1.165) is 32.9 Å².